The molecule has 0 radical (unpaired) electrons. The lowest BCUT2D eigenvalue weighted by Crippen LogP contribution is -2.46. The van der Waals surface area contributed by atoms with Gasteiger partial charge in [0, 0.05) is 17.3 Å². The Balaban J connectivity index is 2.64. The van der Waals surface area contributed by atoms with Crippen molar-refractivity contribution in [2.24, 2.45) is 16.2 Å². The van der Waals surface area contributed by atoms with E-state index in [1.165, 1.54) is 0 Å². The van der Waals surface area contributed by atoms with Gasteiger partial charge >= 0.3 is 0 Å². The van der Waals surface area contributed by atoms with E-state index in [0.717, 1.165) is 26.1 Å². The van der Waals surface area contributed by atoms with Gasteiger partial charge < -0.3 is 9.47 Å². The SMILES string of the molecule is C#CC(C)(CCC1(C)OCC(C)(C)CO1)C(C)(C)C. The van der Waals surface area contributed by atoms with Crippen LogP contribution >= 0.6 is 0 Å². The van der Waals surface area contributed by atoms with E-state index in [9.17, 15) is 0 Å². The Labute approximate surface area is 119 Å². The molecule has 0 aromatic carbocycles. The Morgan fingerprint density at radius 2 is 1.53 bits per heavy atom. The third-order valence-corrected chi connectivity index (χ3v) is 4.59. The Morgan fingerprint density at radius 1 is 1.05 bits per heavy atom. The molecular formula is C17H30O2. The molecule has 0 aromatic heterocycles. The molecule has 0 aromatic rings. The van der Waals surface area contributed by atoms with Crippen molar-refractivity contribution in [1.82, 2.24) is 0 Å². The fourth-order valence-corrected chi connectivity index (χ4v) is 2.06. The maximum atomic E-state index is 5.94. The highest BCUT2D eigenvalue weighted by atomic mass is 16.7. The predicted octanol–water partition coefficient (Wildman–Crippen LogP) is 4.24. The first kappa shape index (κ1) is 16.5. The predicted molar refractivity (Wildman–Crippen MR) is 79.7 cm³/mol. The van der Waals surface area contributed by atoms with Gasteiger partial charge in [-0.2, -0.15) is 0 Å². The first-order valence-electron chi connectivity index (χ1n) is 7.19. The van der Waals surface area contributed by atoms with Gasteiger partial charge in [0.25, 0.3) is 0 Å². The van der Waals surface area contributed by atoms with Crippen molar-refractivity contribution in [2.75, 3.05) is 13.2 Å². The summed E-state index contributed by atoms with van der Waals surface area (Å²) in [6.45, 7) is 16.6. The summed E-state index contributed by atoms with van der Waals surface area (Å²) in [5, 5.41) is 0. The Morgan fingerprint density at radius 3 is 1.89 bits per heavy atom. The minimum absolute atomic E-state index is 0.0754. The van der Waals surface area contributed by atoms with Crippen LogP contribution in [0.25, 0.3) is 0 Å². The van der Waals surface area contributed by atoms with Gasteiger partial charge in [0.05, 0.1) is 13.2 Å². The molecule has 1 aliphatic heterocycles. The maximum Gasteiger partial charge on any atom is 0.165 e. The molecule has 0 amide bonds. The lowest BCUT2D eigenvalue weighted by Gasteiger charge is -2.44. The fourth-order valence-electron chi connectivity index (χ4n) is 2.06. The van der Waals surface area contributed by atoms with E-state index < -0.39 is 5.79 Å². The molecule has 0 bridgehead atoms. The normalized spacial score (nSPS) is 25.4. The molecule has 2 heteroatoms. The van der Waals surface area contributed by atoms with E-state index in [-0.39, 0.29) is 16.2 Å². The maximum absolute atomic E-state index is 5.94. The Hall–Kier alpha value is -0.520. The van der Waals surface area contributed by atoms with Crippen molar-refractivity contribution in [3.8, 4) is 12.3 Å². The van der Waals surface area contributed by atoms with Crippen LogP contribution in [0.4, 0.5) is 0 Å². The van der Waals surface area contributed by atoms with Crippen LogP contribution in [-0.4, -0.2) is 19.0 Å². The summed E-state index contributed by atoms with van der Waals surface area (Å²) in [7, 11) is 0. The zero-order chi connectivity index (χ0) is 14.9. The Bertz CT molecular complexity index is 346. The molecule has 110 valence electrons. The van der Waals surface area contributed by atoms with Crippen LogP contribution in [-0.2, 0) is 9.47 Å². The van der Waals surface area contributed by atoms with E-state index in [1.54, 1.807) is 0 Å². The van der Waals surface area contributed by atoms with Crippen molar-refractivity contribution in [1.29, 1.82) is 0 Å². The number of rotatable bonds is 3. The fraction of sp³-hybridized carbons (Fsp3) is 0.882. The Kier molecular flexibility index (Phi) is 4.45. The van der Waals surface area contributed by atoms with Gasteiger partial charge in [-0.1, -0.05) is 40.5 Å². The highest BCUT2D eigenvalue weighted by Gasteiger charge is 2.41. The molecule has 0 spiro atoms. The van der Waals surface area contributed by atoms with Crippen LogP contribution < -0.4 is 0 Å². The number of hydrogen-bond donors (Lipinski definition) is 0. The molecule has 1 rings (SSSR count). The third-order valence-electron chi connectivity index (χ3n) is 4.59. The molecule has 1 atom stereocenters. The van der Waals surface area contributed by atoms with E-state index in [2.05, 4.69) is 47.5 Å². The highest BCUT2D eigenvalue weighted by Crippen LogP contribution is 2.44. The topological polar surface area (TPSA) is 18.5 Å². The van der Waals surface area contributed by atoms with Crippen molar-refractivity contribution in [3.63, 3.8) is 0 Å². The van der Waals surface area contributed by atoms with E-state index in [1.807, 2.05) is 6.92 Å². The lowest BCUT2D eigenvalue weighted by molar-refractivity contribution is -0.294. The van der Waals surface area contributed by atoms with Gasteiger partial charge in [0.1, 0.15) is 0 Å². The molecule has 1 unspecified atom stereocenters. The zero-order valence-electron chi connectivity index (χ0n) is 13.7. The van der Waals surface area contributed by atoms with Gasteiger partial charge in [-0.05, 0) is 25.7 Å². The standard InChI is InChI=1S/C17H30O2/c1-9-16(7,14(2,3)4)10-11-17(8)18-12-15(5,6)13-19-17/h1H,10-13H2,2-8H3. The van der Waals surface area contributed by atoms with Gasteiger partial charge in [0.2, 0.25) is 0 Å². The van der Waals surface area contributed by atoms with Crippen molar-refractivity contribution >= 4 is 0 Å². The van der Waals surface area contributed by atoms with Gasteiger partial charge in [0.15, 0.2) is 5.79 Å². The quantitative estimate of drug-likeness (QED) is 0.711. The molecule has 1 saturated heterocycles. The lowest BCUT2D eigenvalue weighted by atomic mass is 9.65. The summed E-state index contributed by atoms with van der Waals surface area (Å²) in [6, 6.07) is 0. The van der Waals surface area contributed by atoms with Crippen molar-refractivity contribution in [2.45, 2.75) is 67.1 Å². The monoisotopic (exact) mass is 266 g/mol. The molecule has 19 heavy (non-hydrogen) atoms. The molecule has 0 saturated carbocycles. The minimum atomic E-state index is -0.487. The summed E-state index contributed by atoms with van der Waals surface area (Å²) >= 11 is 0. The second kappa shape index (κ2) is 5.11. The van der Waals surface area contributed by atoms with Crippen LogP contribution in [0.1, 0.15) is 61.3 Å². The first-order chi connectivity index (χ1) is 8.43. The van der Waals surface area contributed by atoms with Crippen LogP contribution in [0.2, 0.25) is 0 Å². The van der Waals surface area contributed by atoms with Crippen LogP contribution in [0.5, 0.6) is 0 Å². The molecule has 0 N–H and O–H groups in total. The molecular weight excluding hydrogens is 236 g/mol. The first-order valence-corrected chi connectivity index (χ1v) is 7.19. The smallest absolute Gasteiger partial charge is 0.165 e. The van der Waals surface area contributed by atoms with Gasteiger partial charge in [-0.3, -0.25) is 0 Å². The second-order valence-corrected chi connectivity index (χ2v) is 8.10. The van der Waals surface area contributed by atoms with E-state index >= 15 is 0 Å². The van der Waals surface area contributed by atoms with Crippen molar-refractivity contribution in [3.05, 3.63) is 0 Å². The van der Waals surface area contributed by atoms with E-state index in [4.69, 9.17) is 15.9 Å². The van der Waals surface area contributed by atoms with E-state index in [0.29, 0.717) is 0 Å². The largest absolute Gasteiger partial charge is 0.350 e. The summed E-state index contributed by atoms with van der Waals surface area (Å²) < 4.78 is 11.9. The van der Waals surface area contributed by atoms with Crippen LogP contribution in [0.15, 0.2) is 0 Å². The minimum Gasteiger partial charge on any atom is -0.350 e. The summed E-state index contributed by atoms with van der Waals surface area (Å²) in [5.41, 5.74) is 0.0424. The van der Waals surface area contributed by atoms with Crippen molar-refractivity contribution < 1.29 is 9.47 Å². The summed E-state index contributed by atoms with van der Waals surface area (Å²) in [4.78, 5) is 0. The van der Waals surface area contributed by atoms with Crippen LogP contribution in [0, 0.1) is 28.6 Å². The number of ether oxygens (including phenoxy) is 2. The molecule has 1 aliphatic rings. The van der Waals surface area contributed by atoms with Gasteiger partial charge in [-0.25, -0.2) is 0 Å². The summed E-state index contributed by atoms with van der Waals surface area (Å²) in [5.74, 6) is 2.49. The van der Waals surface area contributed by atoms with Gasteiger partial charge in [-0.15, -0.1) is 6.42 Å². The third kappa shape index (κ3) is 3.97. The average Bonchev–Trinajstić information content (AvgIpc) is 2.29. The molecule has 0 aliphatic carbocycles. The second-order valence-electron chi connectivity index (χ2n) is 8.10. The summed E-state index contributed by atoms with van der Waals surface area (Å²) in [6.07, 6.45) is 7.50. The highest BCUT2D eigenvalue weighted by molar-refractivity contribution is 5.09. The molecule has 2 nitrogen and oxygen atoms in total. The number of hydrogen-bond acceptors (Lipinski definition) is 2. The average molecular weight is 266 g/mol. The van der Waals surface area contributed by atoms with Crippen LogP contribution in [0.3, 0.4) is 0 Å². The molecule has 1 heterocycles. The zero-order valence-corrected chi connectivity index (χ0v) is 13.7. The molecule has 1 fully saturated rings. The number of terminal acetylenes is 1.